The monoisotopic (exact) mass is 221 g/mol. The molecule has 2 rings (SSSR count). The smallest absolute Gasteiger partial charge is 0.143 e. The molecule has 1 saturated carbocycles. The van der Waals surface area contributed by atoms with Gasteiger partial charge in [-0.2, -0.15) is 0 Å². The van der Waals surface area contributed by atoms with Crippen molar-refractivity contribution in [3.05, 3.63) is 24.0 Å². The SMILES string of the molecule is CC1CCCC(Oc2cnccc2CO)C1. The van der Waals surface area contributed by atoms with Crippen LogP contribution in [0.25, 0.3) is 0 Å². The van der Waals surface area contributed by atoms with Crippen LogP contribution in [0.4, 0.5) is 0 Å². The number of aliphatic hydroxyl groups excluding tert-OH is 1. The third-order valence-electron chi connectivity index (χ3n) is 3.22. The Hall–Kier alpha value is -1.09. The van der Waals surface area contributed by atoms with E-state index in [1.165, 1.54) is 12.8 Å². The average molecular weight is 221 g/mol. The van der Waals surface area contributed by atoms with Crippen LogP contribution in [0.1, 0.15) is 38.2 Å². The fourth-order valence-corrected chi connectivity index (χ4v) is 2.31. The van der Waals surface area contributed by atoms with Crippen molar-refractivity contribution >= 4 is 0 Å². The minimum absolute atomic E-state index is 0.0140. The largest absolute Gasteiger partial charge is 0.488 e. The van der Waals surface area contributed by atoms with Crippen molar-refractivity contribution in [2.24, 2.45) is 5.92 Å². The second-order valence-corrected chi connectivity index (χ2v) is 4.65. The topological polar surface area (TPSA) is 42.4 Å². The van der Waals surface area contributed by atoms with Gasteiger partial charge in [0.2, 0.25) is 0 Å². The summed E-state index contributed by atoms with van der Waals surface area (Å²) in [5.74, 6) is 1.48. The number of ether oxygens (including phenoxy) is 1. The summed E-state index contributed by atoms with van der Waals surface area (Å²) in [5, 5.41) is 9.19. The van der Waals surface area contributed by atoms with E-state index in [4.69, 9.17) is 4.74 Å². The van der Waals surface area contributed by atoms with Gasteiger partial charge in [0.1, 0.15) is 5.75 Å². The lowest BCUT2D eigenvalue weighted by Crippen LogP contribution is -2.24. The molecule has 0 aliphatic heterocycles. The Morgan fingerprint density at radius 2 is 2.38 bits per heavy atom. The molecule has 0 amide bonds. The quantitative estimate of drug-likeness (QED) is 0.852. The molecule has 3 heteroatoms. The maximum absolute atomic E-state index is 9.19. The van der Waals surface area contributed by atoms with Crippen LogP contribution in [0.15, 0.2) is 18.5 Å². The maximum Gasteiger partial charge on any atom is 0.143 e. The van der Waals surface area contributed by atoms with Gasteiger partial charge in [-0.05, 0) is 31.2 Å². The van der Waals surface area contributed by atoms with E-state index >= 15 is 0 Å². The number of nitrogens with zero attached hydrogens (tertiary/aromatic N) is 1. The highest BCUT2D eigenvalue weighted by Crippen LogP contribution is 2.28. The maximum atomic E-state index is 9.19. The Kier molecular flexibility index (Phi) is 3.78. The third-order valence-corrected chi connectivity index (χ3v) is 3.22. The zero-order valence-electron chi connectivity index (χ0n) is 9.72. The van der Waals surface area contributed by atoms with E-state index in [-0.39, 0.29) is 6.61 Å². The number of aromatic nitrogens is 1. The van der Waals surface area contributed by atoms with Crippen molar-refractivity contribution in [1.29, 1.82) is 0 Å². The summed E-state index contributed by atoms with van der Waals surface area (Å²) in [6.07, 6.45) is 8.44. The van der Waals surface area contributed by atoms with Gasteiger partial charge in [0.25, 0.3) is 0 Å². The summed E-state index contributed by atoms with van der Waals surface area (Å²) in [7, 11) is 0. The van der Waals surface area contributed by atoms with Crippen LogP contribution in [0.2, 0.25) is 0 Å². The van der Waals surface area contributed by atoms with Gasteiger partial charge < -0.3 is 9.84 Å². The standard InChI is InChI=1S/C13H19NO2/c1-10-3-2-4-12(7-10)16-13-8-14-6-5-11(13)9-15/h5-6,8,10,12,15H,2-4,7,9H2,1H3. The van der Waals surface area contributed by atoms with E-state index in [1.807, 2.05) is 6.07 Å². The molecular formula is C13H19NO2. The first-order valence-corrected chi connectivity index (χ1v) is 6.00. The first-order valence-electron chi connectivity index (χ1n) is 6.00. The lowest BCUT2D eigenvalue weighted by molar-refractivity contribution is 0.125. The van der Waals surface area contributed by atoms with Crippen molar-refractivity contribution < 1.29 is 9.84 Å². The molecule has 1 aromatic heterocycles. The van der Waals surface area contributed by atoms with Crippen LogP contribution in [-0.2, 0) is 6.61 Å². The second-order valence-electron chi connectivity index (χ2n) is 4.65. The minimum Gasteiger partial charge on any atom is -0.488 e. The molecule has 88 valence electrons. The first-order chi connectivity index (χ1) is 7.79. The molecule has 3 nitrogen and oxygen atoms in total. The summed E-state index contributed by atoms with van der Waals surface area (Å²) < 4.78 is 5.93. The molecule has 0 radical (unpaired) electrons. The first kappa shape index (κ1) is 11.4. The predicted octanol–water partition coefficient (Wildman–Crippen LogP) is 2.53. The molecule has 16 heavy (non-hydrogen) atoms. The summed E-state index contributed by atoms with van der Waals surface area (Å²) in [6, 6.07) is 1.81. The predicted molar refractivity (Wildman–Crippen MR) is 62.2 cm³/mol. The number of rotatable bonds is 3. The summed E-state index contributed by atoms with van der Waals surface area (Å²) in [5.41, 5.74) is 0.827. The molecule has 1 heterocycles. The molecule has 0 aromatic carbocycles. The van der Waals surface area contributed by atoms with Crippen molar-refractivity contribution in [3.8, 4) is 5.75 Å². The Labute approximate surface area is 96.5 Å². The van der Waals surface area contributed by atoms with Crippen LogP contribution in [0.3, 0.4) is 0 Å². The number of hydrogen-bond acceptors (Lipinski definition) is 3. The van der Waals surface area contributed by atoms with E-state index < -0.39 is 0 Å². The minimum atomic E-state index is 0.0140. The van der Waals surface area contributed by atoms with Crippen LogP contribution in [0, 0.1) is 5.92 Å². The molecule has 1 N–H and O–H groups in total. The van der Waals surface area contributed by atoms with Gasteiger partial charge in [-0.15, -0.1) is 0 Å². The van der Waals surface area contributed by atoms with Gasteiger partial charge in [0.05, 0.1) is 18.9 Å². The van der Waals surface area contributed by atoms with Gasteiger partial charge in [-0.1, -0.05) is 13.3 Å². The van der Waals surface area contributed by atoms with Gasteiger partial charge in [0.15, 0.2) is 0 Å². The number of hydrogen-bond donors (Lipinski definition) is 1. The third kappa shape index (κ3) is 2.73. The summed E-state index contributed by atoms with van der Waals surface area (Å²) in [6.45, 7) is 2.28. The molecule has 1 aromatic rings. The van der Waals surface area contributed by atoms with Crippen LogP contribution < -0.4 is 4.74 Å². The molecule has 1 fully saturated rings. The van der Waals surface area contributed by atoms with Gasteiger partial charge >= 0.3 is 0 Å². The zero-order valence-corrected chi connectivity index (χ0v) is 9.72. The van der Waals surface area contributed by atoms with E-state index in [0.717, 1.165) is 30.1 Å². The zero-order chi connectivity index (χ0) is 11.4. The molecule has 1 aliphatic carbocycles. The molecule has 0 bridgehead atoms. The van der Waals surface area contributed by atoms with E-state index in [9.17, 15) is 5.11 Å². The van der Waals surface area contributed by atoms with Crippen LogP contribution >= 0.6 is 0 Å². The fourth-order valence-electron chi connectivity index (χ4n) is 2.31. The number of pyridine rings is 1. The van der Waals surface area contributed by atoms with E-state index in [1.54, 1.807) is 12.4 Å². The van der Waals surface area contributed by atoms with Gasteiger partial charge in [0, 0.05) is 11.8 Å². The van der Waals surface area contributed by atoms with E-state index in [0.29, 0.717) is 6.10 Å². The Balaban J connectivity index is 2.02. The van der Waals surface area contributed by atoms with Crippen molar-refractivity contribution in [2.45, 2.75) is 45.3 Å². The van der Waals surface area contributed by atoms with Gasteiger partial charge in [-0.25, -0.2) is 0 Å². The van der Waals surface area contributed by atoms with Crippen molar-refractivity contribution in [3.63, 3.8) is 0 Å². The highest BCUT2D eigenvalue weighted by molar-refractivity contribution is 5.29. The fraction of sp³-hybridized carbons (Fsp3) is 0.615. The molecular weight excluding hydrogens is 202 g/mol. The van der Waals surface area contributed by atoms with Crippen molar-refractivity contribution in [2.75, 3.05) is 0 Å². The lowest BCUT2D eigenvalue weighted by atomic mass is 9.89. The molecule has 0 saturated heterocycles. The Bertz CT molecular complexity index is 340. The average Bonchev–Trinajstić information content (AvgIpc) is 2.30. The van der Waals surface area contributed by atoms with Crippen LogP contribution in [-0.4, -0.2) is 16.2 Å². The summed E-state index contributed by atoms with van der Waals surface area (Å²) in [4.78, 5) is 4.04. The number of aliphatic hydroxyl groups is 1. The lowest BCUT2D eigenvalue weighted by Gasteiger charge is -2.27. The molecule has 2 atom stereocenters. The van der Waals surface area contributed by atoms with Gasteiger partial charge in [-0.3, -0.25) is 4.98 Å². The summed E-state index contributed by atoms with van der Waals surface area (Å²) >= 11 is 0. The van der Waals surface area contributed by atoms with E-state index in [2.05, 4.69) is 11.9 Å². The molecule has 2 unspecified atom stereocenters. The normalized spacial score (nSPS) is 25.4. The Morgan fingerprint density at radius 3 is 3.12 bits per heavy atom. The highest BCUT2D eigenvalue weighted by atomic mass is 16.5. The molecule has 1 aliphatic rings. The molecule has 0 spiro atoms. The highest BCUT2D eigenvalue weighted by Gasteiger charge is 2.20. The van der Waals surface area contributed by atoms with Crippen LogP contribution in [0.5, 0.6) is 5.75 Å². The second kappa shape index (κ2) is 5.30. The Morgan fingerprint density at radius 1 is 1.50 bits per heavy atom. The van der Waals surface area contributed by atoms with Crippen molar-refractivity contribution in [1.82, 2.24) is 4.98 Å².